The molecule has 0 aliphatic heterocycles. The minimum atomic E-state index is 0.919. The predicted molar refractivity (Wildman–Crippen MR) is 66.2 cm³/mol. The molecule has 1 N–H and O–H groups in total. The molecular weight excluding hydrogens is 198 g/mol. The van der Waals surface area contributed by atoms with Crippen LogP contribution >= 0.6 is 0 Å². The third-order valence-electron chi connectivity index (χ3n) is 3.48. The number of aromatic nitrogens is 2. The first-order chi connectivity index (χ1) is 7.90. The molecule has 0 unspecified atom stereocenters. The van der Waals surface area contributed by atoms with Gasteiger partial charge < -0.3 is 9.88 Å². The van der Waals surface area contributed by atoms with Crippen LogP contribution < -0.4 is 5.32 Å². The quantitative estimate of drug-likeness (QED) is 0.800. The third kappa shape index (κ3) is 3.08. The van der Waals surface area contributed by atoms with Gasteiger partial charge in [-0.05, 0) is 31.7 Å². The van der Waals surface area contributed by atoms with Crippen molar-refractivity contribution in [2.24, 2.45) is 5.92 Å². The first kappa shape index (κ1) is 11.6. The second-order valence-electron chi connectivity index (χ2n) is 4.86. The van der Waals surface area contributed by atoms with E-state index in [1.807, 2.05) is 12.5 Å². The van der Waals surface area contributed by atoms with E-state index < -0.39 is 0 Å². The van der Waals surface area contributed by atoms with Crippen LogP contribution in [0.1, 0.15) is 44.7 Å². The zero-order valence-corrected chi connectivity index (χ0v) is 10.3. The van der Waals surface area contributed by atoms with Crippen LogP contribution in [0, 0.1) is 5.92 Å². The number of hydrogen-bond donors (Lipinski definition) is 1. The fraction of sp³-hybridized carbons (Fsp3) is 0.769. The molecule has 0 bridgehead atoms. The van der Waals surface area contributed by atoms with Gasteiger partial charge >= 0.3 is 0 Å². The molecule has 2 rings (SSSR count). The lowest BCUT2D eigenvalue weighted by atomic mass is 10.1. The molecule has 1 aromatic rings. The van der Waals surface area contributed by atoms with Gasteiger partial charge in [0, 0.05) is 19.3 Å². The smallest absolute Gasteiger partial charge is 0.0948 e. The standard InChI is InChI=1S/C13H23N3/c1-2-7-16-11-15-10-13(16)9-14-8-12-5-3-4-6-12/h10-12,14H,2-9H2,1H3. The van der Waals surface area contributed by atoms with Crippen molar-refractivity contribution in [3.8, 4) is 0 Å². The molecule has 0 radical (unpaired) electrons. The molecule has 0 spiro atoms. The lowest BCUT2D eigenvalue weighted by molar-refractivity contribution is 0.480. The summed E-state index contributed by atoms with van der Waals surface area (Å²) < 4.78 is 2.25. The average Bonchev–Trinajstić information content (AvgIpc) is 2.91. The van der Waals surface area contributed by atoms with E-state index in [1.54, 1.807) is 0 Å². The van der Waals surface area contributed by atoms with E-state index in [4.69, 9.17) is 0 Å². The Hall–Kier alpha value is -0.830. The van der Waals surface area contributed by atoms with Gasteiger partial charge in [0.2, 0.25) is 0 Å². The van der Waals surface area contributed by atoms with E-state index in [2.05, 4.69) is 21.8 Å². The molecular formula is C13H23N3. The Kier molecular flexibility index (Phi) is 4.40. The van der Waals surface area contributed by atoms with Crippen LogP contribution in [-0.2, 0) is 13.1 Å². The number of nitrogens with one attached hydrogen (secondary N) is 1. The van der Waals surface area contributed by atoms with Gasteiger partial charge in [0.25, 0.3) is 0 Å². The SMILES string of the molecule is CCCn1cncc1CNCC1CCCC1. The molecule has 3 heteroatoms. The zero-order chi connectivity index (χ0) is 11.2. The number of aryl methyl sites for hydroxylation is 1. The molecule has 1 saturated carbocycles. The number of imidazole rings is 1. The van der Waals surface area contributed by atoms with Crippen molar-refractivity contribution in [2.75, 3.05) is 6.54 Å². The highest BCUT2D eigenvalue weighted by atomic mass is 15.1. The Morgan fingerprint density at radius 2 is 2.25 bits per heavy atom. The van der Waals surface area contributed by atoms with Crippen molar-refractivity contribution in [3.63, 3.8) is 0 Å². The number of nitrogens with zero attached hydrogens (tertiary/aromatic N) is 2. The van der Waals surface area contributed by atoms with Crippen molar-refractivity contribution >= 4 is 0 Å². The van der Waals surface area contributed by atoms with Crippen molar-refractivity contribution < 1.29 is 0 Å². The predicted octanol–water partition coefficient (Wildman–Crippen LogP) is 2.57. The summed E-state index contributed by atoms with van der Waals surface area (Å²) in [5, 5.41) is 3.57. The first-order valence-electron chi connectivity index (χ1n) is 6.60. The Morgan fingerprint density at radius 3 is 3.00 bits per heavy atom. The average molecular weight is 221 g/mol. The summed E-state index contributed by atoms with van der Waals surface area (Å²) >= 11 is 0. The number of rotatable bonds is 6. The molecule has 3 nitrogen and oxygen atoms in total. The molecule has 1 aliphatic carbocycles. The van der Waals surface area contributed by atoms with Crippen LogP contribution in [0.4, 0.5) is 0 Å². The minimum absolute atomic E-state index is 0.919. The maximum atomic E-state index is 4.21. The van der Waals surface area contributed by atoms with Crippen LogP contribution in [0.25, 0.3) is 0 Å². The molecule has 0 atom stereocenters. The second kappa shape index (κ2) is 6.04. The monoisotopic (exact) mass is 221 g/mol. The summed E-state index contributed by atoms with van der Waals surface area (Å²) in [5.74, 6) is 0.919. The first-order valence-corrected chi connectivity index (χ1v) is 6.60. The van der Waals surface area contributed by atoms with E-state index in [9.17, 15) is 0 Å². The molecule has 1 aliphatic rings. The number of hydrogen-bond acceptors (Lipinski definition) is 2. The maximum Gasteiger partial charge on any atom is 0.0948 e. The van der Waals surface area contributed by atoms with Gasteiger partial charge in [-0.3, -0.25) is 0 Å². The lowest BCUT2D eigenvalue weighted by Crippen LogP contribution is -2.22. The summed E-state index contributed by atoms with van der Waals surface area (Å²) in [6.45, 7) is 5.43. The Morgan fingerprint density at radius 1 is 1.44 bits per heavy atom. The molecule has 1 fully saturated rings. The van der Waals surface area contributed by atoms with Gasteiger partial charge in [-0.2, -0.15) is 0 Å². The van der Waals surface area contributed by atoms with Gasteiger partial charge in [-0.15, -0.1) is 0 Å². The molecule has 0 aromatic carbocycles. The Labute approximate surface area is 98.3 Å². The van der Waals surface area contributed by atoms with Gasteiger partial charge in [0.1, 0.15) is 0 Å². The van der Waals surface area contributed by atoms with E-state index in [1.165, 1.54) is 44.3 Å². The zero-order valence-electron chi connectivity index (χ0n) is 10.3. The highest BCUT2D eigenvalue weighted by Gasteiger charge is 2.14. The Balaban J connectivity index is 1.73. The molecule has 1 aromatic heterocycles. The molecule has 0 amide bonds. The van der Waals surface area contributed by atoms with E-state index in [0.29, 0.717) is 0 Å². The van der Waals surface area contributed by atoms with Crippen molar-refractivity contribution in [1.82, 2.24) is 14.9 Å². The topological polar surface area (TPSA) is 29.9 Å². The molecule has 0 saturated heterocycles. The fourth-order valence-electron chi connectivity index (χ4n) is 2.56. The summed E-state index contributed by atoms with van der Waals surface area (Å²) in [5.41, 5.74) is 1.32. The van der Waals surface area contributed by atoms with Gasteiger partial charge in [0.15, 0.2) is 0 Å². The van der Waals surface area contributed by atoms with Crippen LogP contribution in [0.3, 0.4) is 0 Å². The van der Waals surface area contributed by atoms with Crippen molar-refractivity contribution in [1.29, 1.82) is 0 Å². The largest absolute Gasteiger partial charge is 0.333 e. The van der Waals surface area contributed by atoms with Crippen LogP contribution in [-0.4, -0.2) is 16.1 Å². The third-order valence-corrected chi connectivity index (χ3v) is 3.48. The Bertz CT molecular complexity index is 300. The summed E-state index contributed by atoms with van der Waals surface area (Å²) in [6.07, 6.45) is 10.8. The van der Waals surface area contributed by atoms with E-state index >= 15 is 0 Å². The van der Waals surface area contributed by atoms with E-state index in [0.717, 1.165) is 19.0 Å². The van der Waals surface area contributed by atoms with Crippen molar-refractivity contribution in [3.05, 3.63) is 18.2 Å². The summed E-state index contributed by atoms with van der Waals surface area (Å²) in [6, 6.07) is 0. The maximum absolute atomic E-state index is 4.21. The van der Waals surface area contributed by atoms with Crippen molar-refractivity contribution in [2.45, 2.75) is 52.1 Å². The lowest BCUT2D eigenvalue weighted by Gasteiger charge is -2.11. The highest BCUT2D eigenvalue weighted by Crippen LogP contribution is 2.23. The summed E-state index contributed by atoms with van der Waals surface area (Å²) in [4.78, 5) is 4.21. The summed E-state index contributed by atoms with van der Waals surface area (Å²) in [7, 11) is 0. The van der Waals surface area contributed by atoms with Gasteiger partial charge in [0.05, 0.1) is 12.0 Å². The van der Waals surface area contributed by atoms with Crippen LogP contribution in [0.2, 0.25) is 0 Å². The molecule has 90 valence electrons. The highest BCUT2D eigenvalue weighted by molar-refractivity contribution is 4.97. The minimum Gasteiger partial charge on any atom is -0.333 e. The van der Waals surface area contributed by atoms with E-state index in [-0.39, 0.29) is 0 Å². The van der Waals surface area contributed by atoms with Gasteiger partial charge in [-0.1, -0.05) is 19.8 Å². The fourth-order valence-corrected chi connectivity index (χ4v) is 2.56. The molecule has 1 heterocycles. The van der Waals surface area contributed by atoms with Crippen LogP contribution in [0.5, 0.6) is 0 Å². The second-order valence-corrected chi connectivity index (χ2v) is 4.86. The van der Waals surface area contributed by atoms with Crippen LogP contribution in [0.15, 0.2) is 12.5 Å². The molecule has 16 heavy (non-hydrogen) atoms. The normalized spacial score (nSPS) is 17.1. The van der Waals surface area contributed by atoms with Gasteiger partial charge in [-0.25, -0.2) is 4.98 Å².